The van der Waals surface area contributed by atoms with Crippen molar-refractivity contribution in [3.63, 3.8) is 0 Å². The van der Waals surface area contributed by atoms with E-state index in [-0.39, 0.29) is 0 Å². The van der Waals surface area contributed by atoms with E-state index in [0.29, 0.717) is 19.1 Å². The van der Waals surface area contributed by atoms with Crippen molar-refractivity contribution in [3.05, 3.63) is 0 Å². The molecule has 1 rings (SSSR count). The van der Waals surface area contributed by atoms with E-state index in [1.54, 1.807) is 0 Å². The van der Waals surface area contributed by atoms with Crippen LogP contribution in [-0.4, -0.2) is 19.0 Å². The van der Waals surface area contributed by atoms with Crippen LogP contribution in [0.15, 0.2) is 0 Å². The zero-order valence-electron chi connectivity index (χ0n) is 14.2. The van der Waals surface area contributed by atoms with Crippen LogP contribution in [0, 0.1) is 5.92 Å². The summed E-state index contributed by atoms with van der Waals surface area (Å²) in [5.41, 5.74) is 0. The van der Waals surface area contributed by atoms with Crippen LogP contribution in [0.2, 0.25) is 0 Å². The summed E-state index contributed by atoms with van der Waals surface area (Å²) in [6.07, 6.45) is 11.5. The molecule has 0 N–H and O–H groups in total. The average molecular weight is 302 g/mol. The van der Waals surface area contributed by atoms with E-state index in [1.807, 2.05) is 6.92 Å². The molecule has 21 heavy (non-hydrogen) atoms. The predicted octanol–water partition coefficient (Wildman–Crippen LogP) is 5.17. The summed E-state index contributed by atoms with van der Waals surface area (Å²) < 4.78 is 0. The summed E-state index contributed by atoms with van der Waals surface area (Å²) in [7, 11) is 0. The maximum Gasteiger partial charge on any atom is 0.231 e. The minimum Gasteiger partial charge on any atom is -0.234 e. The highest BCUT2D eigenvalue weighted by Crippen LogP contribution is 2.33. The molecule has 0 amide bonds. The molecule has 1 aliphatic carbocycles. The van der Waals surface area contributed by atoms with Crippen LogP contribution in [0.3, 0.4) is 0 Å². The van der Waals surface area contributed by atoms with Crippen LogP contribution < -0.4 is 0 Å². The molecular formula is C17H34O4. The Balaban J connectivity index is 2.37. The Morgan fingerprint density at radius 3 is 1.86 bits per heavy atom. The van der Waals surface area contributed by atoms with Crippen molar-refractivity contribution in [1.82, 2.24) is 0 Å². The highest BCUT2D eigenvalue weighted by molar-refractivity contribution is 4.72. The van der Waals surface area contributed by atoms with Gasteiger partial charge in [-0.25, -0.2) is 9.78 Å². The van der Waals surface area contributed by atoms with Gasteiger partial charge in [0.1, 0.15) is 0 Å². The van der Waals surface area contributed by atoms with Crippen molar-refractivity contribution < 1.29 is 19.6 Å². The maximum atomic E-state index is 5.57. The third-order valence-electron chi connectivity index (χ3n) is 4.02. The topological polar surface area (TPSA) is 36.9 Å². The lowest BCUT2D eigenvalue weighted by Crippen LogP contribution is -2.36. The number of hydrogen-bond donors (Lipinski definition) is 0. The molecule has 0 saturated heterocycles. The summed E-state index contributed by atoms with van der Waals surface area (Å²) in [6.45, 7) is 7.41. The zero-order chi connectivity index (χ0) is 15.4. The van der Waals surface area contributed by atoms with Crippen LogP contribution in [0.5, 0.6) is 0 Å². The van der Waals surface area contributed by atoms with Crippen molar-refractivity contribution in [3.8, 4) is 0 Å². The monoisotopic (exact) mass is 302 g/mol. The highest BCUT2D eigenvalue weighted by atomic mass is 17.3. The third kappa shape index (κ3) is 8.77. The molecular weight excluding hydrogens is 268 g/mol. The molecule has 0 aliphatic heterocycles. The molecule has 0 spiro atoms. The van der Waals surface area contributed by atoms with E-state index in [0.717, 1.165) is 32.1 Å². The van der Waals surface area contributed by atoms with Gasteiger partial charge in [-0.3, -0.25) is 0 Å². The van der Waals surface area contributed by atoms with Gasteiger partial charge in [-0.15, -0.1) is 0 Å². The molecule has 4 nitrogen and oxygen atoms in total. The zero-order valence-corrected chi connectivity index (χ0v) is 14.2. The summed E-state index contributed by atoms with van der Waals surface area (Å²) in [5, 5.41) is 0. The van der Waals surface area contributed by atoms with Gasteiger partial charge in [0.05, 0.1) is 13.2 Å². The molecule has 0 atom stereocenters. The van der Waals surface area contributed by atoms with Crippen molar-refractivity contribution in [1.29, 1.82) is 0 Å². The Bertz CT molecular complexity index is 227. The first-order valence-electron chi connectivity index (χ1n) is 8.81. The number of rotatable bonds is 12. The van der Waals surface area contributed by atoms with Crippen LogP contribution in [-0.2, 0) is 19.6 Å². The first-order chi connectivity index (χ1) is 10.2. The SMILES string of the molecule is CCCCOOC(C)(CC1CCCCC1)OOCCCC. The van der Waals surface area contributed by atoms with Crippen LogP contribution >= 0.6 is 0 Å². The van der Waals surface area contributed by atoms with Gasteiger partial charge in [0, 0.05) is 6.42 Å². The van der Waals surface area contributed by atoms with E-state index < -0.39 is 5.79 Å². The molecule has 0 radical (unpaired) electrons. The maximum absolute atomic E-state index is 5.57. The summed E-state index contributed by atoms with van der Waals surface area (Å²) in [6, 6.07) is 0. The minimum atomic E-state index is -0.788. The van der Waals surface area contributed by atoms with Gasteiger partial charge in [0.25, 0.3) is 0 Å². The summed E-state index contributed by atoms with van der Waals surface area (Å²) >= 11 is 0. The Kier molecular flexibility index (Phi) is 10.3. The molecule has 0 aromatic heterocycles. The number of unbranched alkanes of at least 4 members (excludes halogenated alkanes) is 2. The van der Waals surface area contributed by atoms with E-state index >= 15 is 0 Å². The molecule has 0 aromatic rings. The fraction of sp³-hybridized carbons (Fsp3) is 1.00. The van der Waals surface area contributed by atoms with E-state index in [1.165, 1.54) is 32.1 Å². The smallest absolute Gasteiger partial charge is 0.231 e. The molecule has 4 heteroatoms. The Labute approximate surface area is 130 Å². The Morgan fingerprint density at radius 1 is 0.857 bits per heavy atom. The largest absolute Gasteiger partial charge is 0.234 e. The van der Waals surface area contributed by atoms with E-state index in [4.69, 9.17) is 19.6 Å². The van der Waals surface area contributed by atoms with Crippen LogP contribution in [0.4, 0.5) is 0 Å². The predicted molar refractivity (Wildman–Crippen MR) is 83.5 cm³/mol. The lowest BCUT2D eigenvalue weighted by Gasteiger charge is -2.32. The second-order valence-corrected chi connectivity index (χ2v) is 6.36. The van der Waals surface area contributed by atoms with Crippen molar-refractivity contribution in [2.24, 2.45) is 5.92 Å². The molecule has 0 heterocycles. The van der Waals surface area contributed by atoms with Gasteiger partial charge in [-0.2, -0.15) is 9.78 Å². The van der Waals surface area contributed by atoms with Gasteiger partial charge in [-0.1, -0.05) is 58.8 Å². The lowest BCUT2D eigenvalue weighted by atomic mass is 9.85. The van der Waals surface area contributed by atoms with Gasteiger partial charge in [-0.05, 0) is 25.7 Å². The van der Waals surface area contributed by atoms with Gasteiger partial charge in [0.15, 0.2) is 0 Å². The van der Waals surface area contributed by atoms with Gasteiger partial charge in [0.2, 0.25) is 5.79 Å². The molecule has 1 fully saturated rings. The second-order valence-electron chi connectivity index (χ2n) is 6.36. The molecule has 0 bridgehead atoms. The minimum absolute atomic E-state index is 0.606. The van der Waals surface area contributed by atoms with Gasteiger partial charge < -0.3 is 0 Å². The Hall–Kier alpha value is -0.160. The second kappa shape index (κ2) is 11.4. The molecule has 126 valence electrons. The fourth-order valence-electron chi connectivity index (χ4n) is 2.74. The van der Waals surface area contributed by atoms with Crippen molar-refractivity contribution >= 4 is 0 Å². The quantitative estimate of drug-likeness (QED) is 0.216. The standard InChI is InChI=1S/C17H34O4/c1-4-6-13-18-20-17(3,21-19-14-7-5-2)15-16-11-9-8-10-12-16/h16H,4-15H2,1-3H3. The Morgan fingerprint density at radius 2 is 1.38 bits per heavy atom. The van der Waals surface area contributed by atoms with Crippen LogP contribution in [0.1, 0.15) is 85.0 Å². The summed E-state index contributed by atoms with van der Waals surface area (Å²) in [4.78, 5) is 21.8. The third-order valence-corrected chi connectivity index (χ3v) is 4.02. The molecule has 1 saturated carbocycles. The van der Waals surface area contributed by atoms with E-state index in [9.17, 15) is 0 Å². The highest BCUT2D eigenvalue weighted by Gasteiger charge is 2.33. The first-order valence-corrected chi connectivity index (χ1v) is 8.81. The molecule has 0 aromatic carbocycles. The number of hydrogen-bond acceptors (Lipinski definition) is 4. The van der Waals surface area contributed by atoms with Crippen LogP contribution in [0.25, 0.3) is 0 Å². The normalized spacial score (nSPS) is 17.3. The lowest BCUT2D eigenvalue weighted by molar-refractivity contribution is -0.509. The molecule has 0 unspecified atom stereocenters. The summed E-state index contributed by atoms with van der Waals surface area (Å²) in [5.74, 6) is -0.142. The molecule has 1 aliphatic rings. The van der Waals surface area contributed by atoms with E-state index in [2.05, 4.69) is 13.8 Å². The first kappa shape index (κ1) is 18.9. The average Bonchev–Trinajstić information content (AvgIpc) is 2.49. The van der Waals surface area contributed by atoms with Crippen molar-refractivity contribution in [2.75, 3.05) is 13.2 Å². The van der Waals surface area contributed by atoms with Crippen molar-refractivity contribution in [2.45, 2.75) is 90.8 Å². The van der Waals surface area contributed by atoms with Gasteiger partial charge >= 0.3 is 0 Å². The fourth-order valence-corrected chi connectivity index (χ4v) is 2.74.